The predicted octanol–water partition coefficient (Wildman–Crippen LogP) is 2.87. The van der Waals surface area contributed by atoms with Crippen LogP contribution in [0.25, 0.3) is 0 Å². The minimum atomic E-state index is 0.0757. The van der Waals surface area contributed by atoms with Crippen molar-refractivity contribution in [3.05, 3.63) is 23.5 Å². The number of carbonyl (C=O) groups is 1. The first-order valence-corrected chi connectivity index (χ1v) is 7.50. The molecule has 0 aliphatic carbocycles. The zero-order valence-corrected chi connectivity index (χ0v) is 12.7. The summed E-state index contributed by atoms with van der Waals surface area (Å²) in [4.78, 5) is 18.8. The minimum Gasteiger partial charge on any atom is -0.397 e. The summed E-state index contributed by atoms with van der Waals surface area (Å²) in [6, 6.07) is 1.75. The van der Waals surface area contributed by atoms with Crippen LogP contribution < -0.4 is 5.73 Å². The van der Waals surface area contributed by atoms with Gasteiger partial charge in [-0.05, 0) is 44.1 Å². The van der Waals surface area contributed by atoms with Gasteiger partial charge in [-0.2, -0.15) is 0 Å². The molecule has 1 aromatic rings. The van der Waals surface area contributed by atoms with Gasteiger partial charge in [0.25, 0.3) is 5.91 Å². The number of nitrogens with zero attached hydrogens (tertiary/aromatic N) is 2. The van der Waals surface area contributed by atoms with Crippen molar-refractivity contribution in [3.63, 3.8) is 0 Å². The van der Waals surface area contributed by atoms with Gasteiger partial charge in [-0.25, -0.2) is 0 Å². The van der Waals surface area contributed by atoms with Gasteiger partial charge in [0.2, 0.25) is 0 Å². The van der Waals surface area contributed by atoms with Gasteiger partial charge < -0.3 is 10.6 Å². The number of amides is 1. The van der Waals surface area contributed by atoms with Gasteiger partial charge in [-0.1, -0.05) is 13.8 Å². The third kappa shape index (κ3) is 3.30. The molecule has 1 saturated heterocycles. The number of pyridine rings is 1. The molecule has 1 fully saturated rings. The van der Waals surface area contributed by atoms with E-state index in [1.165, 1.54) is 6.42 Å². The van der Waals surface area contributed by atoms with E-state index in [9.17, 15) is 4.79 Å². The van der Waals surface area contributed by atoms with Crippen molar-refractivity contribution in [2.75, 3.05) is 18.8 Å². The van der Waals surface area contributed by atoms with E-state index in [0.717, 1.165) is 37.5 Å². The SMILES string of the molecule is Cc1ncc(N)cc1C(=O)N1CCCC(C(C)C)CC1. The monoisotopic (exact) mass is 275 g/mol. The lowest BCUT2D eigenvalue weighted by Gasteiger charge is -2.22. The van der Waals surface area contributed by atoms with Crippen molar-refractivity contribution >= 4 is 11.6 Å². The lowest BCUT2D eigenvalue weighted by Crippen LogP contribution is -2.32. The molecule has 4 nitrogen and oxygen atoms in total. The molecule has 0 aromatic carbocycles. The molecule has 2 rings (SSSR count). The van der Waals surface area contributed by atoms with Crippen molar-refractivity contribution in [2.24, 2.45) is 11.8 Å². The Kier molecular flexibility index (Phi) is 4.63. The quantitative estimate of drug-likeness (QED) is 0.903. The number of nitrogen functional groups attached to an aromatic ring is 1. The van der Waals surface area contributed by atoms with Gasteiger partial charge in [0.05, 0.1) is 23.1 Å². The van der Waals surface area contributed by atoms with E-state index in [-0.39, 0.29) is 5.91 Å². The molecule has 0 bridgehead atoms. The second kappa shape index (κ2) is 6.25. The number of hydrogen-bond donors (Lipinski definition) is 1. The Morgan fingerprint density at radius 1 is 1.40 bits per heavy atom. The Morgan fingerprint density at radius 3 is 2.85 bits per heavy atom. The summed E-state index contributed by atoms with van der Waals surface area (Å²) in [6.45, 7) is 8.09. The Morgan fingerprint density at radius 2 is 2.15 bits per heavy atom. The van der Waals surface area contributed by atoms with Crippen molar-refractivity contribution < 1.29 is 4.79 Å². The van der Waals surface area contributed by atoms with Crippen LogP contribution in [0, 0.1) is 18.8 Å². The molecule has 0 radical (unpaired) electrons. The highest BCUT2D eigenvalue weighted by atomic mass is 16.2. The first-order chi connectivity index (χ1) is 9.49. The molecular weight excluding hydrogens is 250 g/mol. The van der Waals surface area contributed by atoms with Crippen LogP contribution >= 0.6 is 0 Å². The summed E-state index contributed by atoms with van der Waals surface area (Å²) in [7, 11) is 0. The fourth-order valence-electron chi connectivity index (χ4n) is 2.93. The van der Waals surface area contributed by atoms with Crippen LogP contribution in [-0.4, -0.2) is 28.9 Å². The summed E-state index contributed by atoms with van der Waals surface area (Å²) in [5.41, 5.74) is 7.71. The molecular formula is C16H25N3O. The van der Waals surface area contributed by atoms with Crippen LogP contribution in [0.4, 0.5) is 5.69 Å². The molecule has 4 heteroatoms. The Labute approximate surface area is 121 Å². The Balaban J connectivity index is 2.11. The van der Waals surface area contributed by atoms with E-state index in [4.69, 9.17) is 5.73 Å². The summed E-state index contributed by atoms with van der Waals surface area (Å²) in [5.74, 6) is 1.50. The fraction of sp³-hybridized carbons (Fsp3) is 0.625. The normalized spacial score (nSPS) is 20.0. The number of aryl methyl sites for hydroxylation is 1. The average Bonchev–Trinajstić information content (AvgIpc) is 2.66. The predicted molar refractivity (Wildman–Crippen MR) is 81.5 cm³/mol. The molecule has 2 N–H and O–H groups in total. The van der Waals surface area contributed by atoms with Crippen molar-refractivity contribution in [1.29, 1.82) is 0 Å². The maximum absolute atomic E-state index is 12.6. The highest BCUT2D eigenvalue weighted by molar-refractivity contribution is 5.96. The molecule has 0 saturated carbocycles. The maximum atomic E-state index is 12.6. The van der Waals surface area contributed by atoms with Gasteiger partial charge in [0.1, 0.15) is 0 Å². The molecule has 1 atom stereocenters. The second-order valence-corrected chi connectivity index (χ2v) is 6.13. The summed E-state index contributed by atoms with van der Waals surface area (Å²) in [5, 5.41) is 0. The fourth-order valence-corrected chi connectivity index (χ4v) is 2.93. The molecule has 20 heavy (non-hydrogen) atoms. The molecule has 0 spiro atoms. The van der Waals surface area contributed by atoms with E-state index in [1.54, 1.807) is 12.3 Å². The van der Waals surface area contributed by atoms with Crippen LogP contribution in [-0.2, 0) is 0 Å². The van der Waals surface area contributed by atoms with E-state index >= 15 is 0 Å². The zero-order valence-electron chi connectivity index (χ0n) is 12.7. The van der Waals surface area contributed by atoms with Crippen LogP contribution in [0.3, 0.4) is 0 Å². The summed E-state index contributed by atoms with van der Waals surface area (Å²) < 4.78 is 0. The van der Waals surface area contributed by atoms with Gasteiger partial charge in [0, 0.05) is 13.1 Å². The minimum absolute atomic E-state index is 0.0757. The van der Waals surface area contributed by atoms with Crippen LogP contribution in [0.5, 0.6) is 0 Å². The number of aromatic nitrogens is 1. The van der Waals surface area contributed by atoms with E-state index in [2.05, 4.69) is 18.8 Å². The van der Waals surface area contributed by atoms with Crippen LogP contribution in [0.15, 0.2) is 12.3 Å². The second-order valence-electron chi connectivity index (χ2n) is 6.13. The number of rotatable bonds is 2. The standard InChI is InChI=1S/C16H25N3O/c1-11(2)13-5-4-7-19(8-6-13)16(20)15-9-14(17)10-18-12(15)3/h9-11,13H,4-8,17H2,1-3H3. The van der Waals surface area contributed by atoms with Crippen LogP contribution in [0.2, 0.25) is 0 Å². The van der Waals surface area contributed by atoms with Crippen LogP contribution in [0.1, 0.15) is 49.2 Å². The third-order valence-electron chi connectivity index (χ3n) is 4.34. The molecule has 1 unspecified atom stereocenters. The number of hydrogen-bond acceptors (Lipinski definition) is 3. The average molecular weight is 275 g/mol. The summed E-state index contributed by atoms with van der Waals surface area (Å²) in [6.07, 6.45) is 5.00. The third-order valence-corrected chi connectivity index (χ3v) is 4.34. The molecule has 110 valence electrons. The topological polar surface area (TPSA) is 59.2 Å². The van der Waals surface area contributed by atoms with E-state index in [0.29, 0.717) is 17.2 Å². The number of nitrogens with two attached hydrogens (primary N) is 1. The summed E-state index contributed by atoms with van der Waals surface area (Å²) >= 11 is 0. The van der Waals surface area contributed by atoms with Gasteiger partial charge in [-0.15, -0.1) is 0 Å². The highest BCUT2D eigenvalue weighted by Crippen LogP contribution is 2.25. The molecule has 1 aromatic heterocycles. The lowest BCUT2D eigenvalue weighted by atomic mass is 9.89. The van der Waals surface area contributed by atoms with Gasteiger partial charge >= 0.3 is 0 Å². The first kappa shape index (κ1) is 14.8. The largest absolute Gasteiger partial charge is 0.397 e. The number of anilines is 1. The number of likely N-dealkylation sites (tertiary alicyclic amines) is 1. The maximum Gasteiger partial charge on any atom is 0.255 e. The van der Waals surface area contributed by atoms with Gasteiger partial charge in [0.15, 0.2) is 0 Å². The molecule has 1 amide bonds. The first-order valence-electron chi connectivity index (χ1n) is 7.50. The lowest BCUT2D eigenvalue weighted by molar-refractivity contribution is 0.0757. The molecule has 1 aliphatic rings. The number of carbonyl (C=O) groups excluding carboxylic acids is 1. The zero-order chi connectivity index (χ0) is 14.7. The van der Waals surface area contributed by atoms with Gasteiger partial charge in [-0.3, -0.25) is 9.78 Å². The van der Waals surface area contributed by atoms with Crippen molar-refractivity contribution in [3.8, 4) is 0 Å². The van der Waals surface area contributed by atoms with Crippen molar-refractivity contribution in [2.45, 2.75) is 40.0 Å². The Hall–Kier alpha value is -1.58. The smallest absolute Gasteiger partial charge is 0.255 e. The molecule has 2 heterocycles. The molecule has 1 aliphatic heterocycles. The Bertz CT molecular complexity index is 485. The van der Waals surface area contributed by atoms with E-state index < -0.39 is 0 Å². The van der Waals surface area contributed by atoms with Crippen molar-refractivity contribution in [1.82, 2.24) is 9.88 Å². The van der Waals surface area contributed by atoms with E-state index in [1.807, 2.05) is 11.8 Å². The highest BCUT2D eigenvalue weighted by Gasteiger charge is 2.24.